The number of carbonyl (C=O) groups is 1. The molecule has 2 aromatic carbocycles. The lowest BCUT2D eigenvalue weighted by Gasteiger charge is -2.29. The summed E-state index contributed by atoms with van der Waals surface area (Å²) in [6, 6.07) is 21.7. The van der Waals surface area contributed by atoms with Crippen molar-refractivity contribution >= 4 is 5.97 Å². The smallest absolute Gasteiger partial charge is 0.330 e. The van der Waals surface area contributed by atoms with Crippen molar-refractivity contribution in [1.82, 2.24) is 0 Å². The molecule has 0 spiro atoms. The lowest BCUT2D eigenvalue weighted by Crippen LogP contribution is -2.25. The highest BCUT2D eigenvalue weighted by Crippen LogP contribution is 2.37. The molecule has 0 aromatic heterocycles. The second-order valence-electron chi connectivity index (χ2n) is 5.12. The zero-order valence-electron chi connectivity index (χ0n) is 13.1. The van der Waals surface area contributed by atoms with Crippen LogP contribution in [0.4, 0.5) is 0 Å². The van der Waals surface area contributed by atoms with Crippen LogP contribution in [0.1, 0.15) is 24.5 Å². The van der Waals surface area contributed by atoms with Crippen LogP contribution in [0.5, 0.6) is 0 Å². The van der Waals surface area contributed by atoms with E-state index in [0.29, 0.717) is 6.61 Å². The van der Waals surface area contributed by atoms with Crippen LogP contribution in [0.2, 0.25) is 0 Å². The van der Waals surface area contributed by atoms with Gasteiger partial charge in [-0.05, 0) is 18.1 Å². The summed E-state index contributed by atoms with van der Waals surface area (Å²) in [5.41, 5.74) is 1.26. The first kappa shape index (κ1) is 16.5. The Bertz CT molecular complexity index is 660. The van der Waals surface area contributed by atoms with Crippen LogP contribution >= 0.6 is 0 Å². The number of rotatable bonds is 6. The average molecular weight is 305 g/mol. The quantitative estimate of drug-likeness (QED) is 0.598. The van der Waals surface area contributed by atoms with Crippen molar-refractivity contribution in [2.75, 3.05) is 6.61 Å². The Morgan fingerprint density at radius 1 is 1.09 bits per heavy atom. The molecule has 0 aliphatic heterocycles. The van der Waals surface area contributed by atoms with Gasteiger partial charge in [0.25, 0.3) is 0 Å². The zero-order valence-corrected chi connectivity index (χ0v) is 13.1. The van der Waals surface area contributed by atoms with Gasteiger partial charge < -0.3 is 4.74 Å². The fourth-order valence-electron chi connectivity index (χ4n) is 2.62. The maximum atomic E-state index is 11.8. The molecule has 0 aliphatic rings. The number of benzene rings is 2. The highest BCUT2D eigenvalue weighted by Gasteiger charge is 2.31. The molecule has 0 saturated heterocycles. The molecule has 0 N–H and O–H groups in total. The largest absolute Gasteiger partial charge is 0.463 e. The summed E-state index contributed by atoms with van der Waals surface area (Å²) >= 11 is 0. The fourth-order valence-corrected chi connectivity index (χ4v) is 2.62. The van der Waals surface area contributed by atoms with Crippen molar-refractivity contribution < 1.29 is 9.53 Å². The molecular weight excluding hydrogens is 286 g/mol. The van der Waals surface area contributed by atoms with E-state index in [2.05, 4.69) is 6.07 Å². The van der Waals surface area contributed by atoms with Gasteiger partial charge in [0.05, 0.1) is 24.5 Å². The SMILES string of the molecule is CCOC(=O)C=CC(CC#N)(c1ccccc1)c1ccccc1. The Hall–Kier alpha value is -2.86. The number of nitriles is 1. The molecule has 2 rings (SSSR count). The van der Waals surface area contributed by atoms with Gasteiger partial charge in [0.15, 0.2) is 0 Å². The first-order valence-corrected chi connectivity index (χ1v) is 7.57. The van der Waals surface area contributed by atoms with Crippen LogP contribution in [-0.4, -0.2) is 12.6 Å². The van der Waals surface area contributed by atoms with Gasteiger partial charge in [0.1, 0.15) is 0 Å². The molecule has 0 atom stereocenters. The summed E-state index contributed by atoms with van der Waals surface area (Å²) in [5, 5.41) is 9.39. The lowest BCUT2D eigenvalue weighted by atomic mass is 9.72. The minimum atomic E-state index is -0.677. The number of allylic oxidation sites excluding steroid dienone is 1. The molecular formula is C20H19NO2. The summed E-state index contributed by atoms with van der Waals surface area (Å²) in [7, 11) is 0. The third-order valence-corrected chi connectivity index (χ3v) is 3.73. The highest BCUT2D eigenvalue weighted by molar-refractivity contribution is 5.82. The van der Waals surface area contributed by atoms with Crippen molar-refractivity contribution in [3.05, 3.63) is 83.9 Å². The average Bonchev–Trinajstić information content (AvgIpc) is 2.60. The van der Waals surface area contributed by atoms with Crippen LogP contribution in [0, 0.1) is 11.3 Å². The van der Waals surface area contributed by atoms with E-state index in [0.717, 1.165) is 11.1 Å². The monoisotopic (exact) mass is 305 g/mol. The molecule has 0 fully saturated rings. The van der Waals surface area contributed by atoms with Crippen LogP contribution < -0.4 is 0 Å². The topological polar surface area (TPSA) is 50.1 Å². The van der Waals surface area contributed by atoms with Gasteiger partial charge in [-0.3, -0.25) is 0 Å². The number of ether oxygens (including phenoxy) is 1. The van der Waals surface area contributed by atoms with E-state index >= 15 is 0 Å². The second kappa shape index (κ2) is 7.95. The minimum absolute atomic E-state index is 0.233. The Kier molecular flexibility index (Phi) is 5.71. The van der Waals surface area contributed by atoms with Crippen LogP contribution in [0.25, 0.3) is 0 Å². The first-order valence-electron chi connectivity index (χ1n) is 7.57. The molecule has 0 bridgehead atoms. The van der Waals surface area contributed by atoms with Crippen LogP contribution in [0.3, 0.4) is 0 Å². The molecule has 0 radical (unpaired) electrons. The van der Waals surface area contributed by atoms with Crippen LogP contribution in [0.15, 0.2) is 72.8 Å². The Labute approximate surface area is 136 Å². The molecule has 116 valence electrons. The fraction of sp³-hybridized carbons (Fsp3) is 0.200. The second-order valence-corrected chi connectivity index (χ2v) is 5.12. The van der Waals surface area contributed by atoms with Crippen molar-refractivity contribution in [2.24, 2.45) is 0 Å². The molecule has 0 aliphatic carbocycles. The third-order valence-electron chi connectivity index (χ3n) is 3.73. The van der Waals surface area contributed by atoms with E-state index in [4.69, 9.17) is 4.74 Å². The standard InChI is InChI=1S/C20H19NO2/c1-2-23-19(22)13-14-20(15-16-21,17-9-5-3-6-10-17)18-11-7-4-8-12-18/h3-14H,2,15H2,1H3. The van der Waals surface area contributed by atoms with Crippen LogP contribution in [-0.2, 0) is 14.9 Å². The Balaban J connectivity index is 2.57. The number of carbonyl (C=O) groups excluding carboxylic acids is 1. The van der Waals surface area contributed by atoms with Gasteiger partial charge in [-0.2, -0.15) is 5.26 Å². The maximum absolute atomic E-state index is 11.8. The normalized spacial score (nSPS) is 11.1. The van der Waals surface area contributed by atoms with E-state index in [-0.39, 0.29) is 6.42 Å². The van der Waals surface area contributed by atoms with Crippen molar-refractivity contribution in [3.8, 4) is 6.07 Å². The molecule has 0 amide bonds. The Morgan fingerprint density at radius 2 is 1.61 bits per heavy atom. The molecule has 0 saturated carbocycles. The van der Waals surface area contributed by atoms with Gasteiger partial charge in [0.2, 0.25) is 0 Å². The number of hydrogen-bond acceptors (Lipinski definition) is 3. The highest BCUT2D eigenvalue weighted by atomic mass is 16.5. The molecule has 0 heterocycles. The van der Waals surface area contributed by atoms with Crippen molar-refractivity contribution in [3.63, 3.8) is 0 Å². The van der Waals surface area contributed by atoms with Gasteiger partial charge in [0, 0.05) is 6.08 Å². The lowest BCUT2D eigenvalue weighted by molar-refractivity contribution is -0.137. The Morgan fingerprint density at radius 3 is 2.04 bits per heavy atom. The number of nitrogens with zero attached hydrogens (tertiary/aromatic N) is 1. The predicted octanol–water partition coefficient (Wildman–Crippen LogP) is 4.01. The van der Waals surface area contributed by atoms with Crippen molar-refractivity contribution in [2.45, 2.75) is 18.8 Å². The van der Waals surface area contributed by atoms with Gasteiger partial charge in [-0.1, -0.05) is 66.7 Å². The zero-order chi connectivity index (χ0) is 16.5. The molecule has 3 heteroatoms. The number of hydrogen-bond donors (Lipinski definition) is 0. The summed E-state index contributed by atoms with van der Waals surface area (Å²) < 4.78 is 4.98. The third kappa shape index (κ3) is 3.87. The minimum Gasteiger partial charge on any atom is -0.463 e. The van der Waals surface area contributed by atoms with Crippen molar-refractivity contribution in [1.29, 1.82) is 5.26 Å². The summed E-state index contributed by atoms with van der Waals surface area (Å²) in [6.45, 7) is 2.09. The van der Waals surface area contributed by atoms with E-state index < -0.39 is 11.4 Å². The molecule has 2 aromatic rings. The summed E-state index contributed by atoms with van der Waals surface area (Å²) in [6.07, 6.45) is 3.43. The van der Waals surface area contributed by atoms with Gasteiger partial charge in [-0.15, -0.1) is 0 Å². The van der Waals surface area contributed by atoms with Gasteiger partial charge in [-0.25, -0.2) is 4.79 Å². The van der Waals surface area contributed by atoms with E-state index in [1.54, 1.807) is 13.0 Å². The number of esters is 1. The van der Waals surface area contributed by atoms with E-state index in [9.17, 15) is 10.1 Å². The maximum Gasteiger partial charge on any atom is 0.330 e. The first-order chi connectivity index (χ1) is 11.2. The molecule has 3 nitrogen and oxygen atoms in total. The molecule has 0 unspecified atom stereocenters. The predicted molar refractivity (Wildman–Crippen MR) is 89.7 cm³/mol. The summed E-state index contributed by atoms with van der Waals surface area (Å²) in [4.78, 5) is 11.8. The summed E-state index contributed by atoms with van der Waals surface area (Å²) in [5.74, 6) is -0.401. The van der Waals surface area contributed by atoms with E-state index in [1.165, 1.54) is 6.08 Å². The van der Waals surface area contributed by atoms with E-state index in [1.807, 2.05) is 60.7 Å². The molecule has 23 heavy (non-hydrogen) atoms. The van der Waals surface area contributed by atoms with Gasteiger partial charge >= 0.3 is 5.97 Å².